The van der Waals surface area contributed by atoms with Gasteiger partial charge in [0.15, 0.2) is 5.13 Å². The molecule has 6 heteroatoms. The minimum absolute atomic E-state index is 0.0299. The molecule has 0 radical (unpaired) electrons. The summed E-state index contributed by atoms with van der Waals surface area (Å²) in [5.74, 6) is -0.0299. The molecule has 2 aromatic rings. The standard InChI is InChI=1S/C16H20BrN3OS/c1-10-7-12(4-5-14(10)17)8-13-9-19-16(22-13)20-15(21)6-3-11(2)18/h4-5,7,9,11H,3,6,8,18H2,1-2H3,(H,19,20,21). The molecule has 0 aliphatic carbocycles. The predicted molar refractivity (Wildman–Crippen MR) is 95.3 cm³/mol. The normalized spacial score (nSPS) is 12.2. The van der Waals surface area contributed by atoms with Gasteiger partial charge in [0.05, 0.1) is 0 Å². The van der Waals surface area contributed by atoms with Crippen LogP contribution in [-0.2, 0) is 11.2 Å². The summed E-state index contributed by atoms with van der Waals surface area (Å²) in [4.78, 5) is 17.2. The molecule has 1 unspecified atom stereocenters. The zero-order chi connectivity index (χ0) is 16.1. The van der Waals surface area contributed by atoms with Crippen molar-refractivity contribution in [2.75, 3.05) is 5.32 Å². The number of carbonyl (C=O) groups excluding carboxylic acids is 1. The molecule has 22 heavy (non-hydrogen) atoms. The second-order valence-corrected chi connectivity index (χ2v) is 7.43. The van der Waals surface area contributed by atoms with Crippen molar-refractivity contribution in [1.29, 1.82) is 0 Å². The van der Waals surface area contributed by atoms with Crippen molar-refractivity contribution in [1.82, 2.24) is 4.98 Å². The van der Waals surface area contributed by atoms with E-state index in [1.54, 1.807) is 0 Å². The maximum absolute atomic E-state index is 11.8. The maximum Gasteiger partial charge on any atom is 0.226 e. The fourth-order valence-electron chi connectivity index (χ4n) is 2.01. The van der Waals surface area contributed by atoms with E-state index in [2.05, 4.69) is 51.4 Å². The highest BCUT2D eigenvalue weighted by Gasteiger charge is 2.08. The number of nitrogens with two attached hydrogens (primary N) is 1. The number of anilines is 1. The monoisotopic (exact) mass is 381 g/mol. The number of nitrogens with zero attached hydrogens (tertiary/aromatic N) is 1. The summed E-state index contributed by atoms with van der Waals surface area (Å²) in [6, 6.07) is 6.35. The molecular formula is C16H20BrN3OS. The summed E-state index contributed by atoms with van der Waals surface area (Å²) >= 11 is 5.02. The fourth-order valence-corrected chi connectivity index (χ4v) is 3.11. The first-order valence-electron chi connectivity index (χ1n) is 7.19. The van der Waals surface area contributed by atoms with E-state index < -0.39 is 0 Å². The Balaban J connectivity index is 1.93. The minimum Gasteiger partial charge on any atom is -0.328 e. The van der Waals surface area contributed by atoms with Crippen molar-refractivity contribution in [2.24, 2.45) is 5.73 Å². The Morgan fingerprint density at radius 3 is 2.95 bits per heavy atom. The topological polar surface area (TPSA) is 68.0 Å². The first-order chi connectivity index (χ1) is 10.4. The van der Waals surface area contributed by atoms with Crippen LogP contribution in [0.2, 0.25) is 0 Å². The molecule has 0 spiro atoms. The third-order valence-corrected chi connectivity index (χ3v) is 5.03. The Morgan fingerprint density at radius 2 is 2.27 bits per heavy atom. The van der Waals surface area contributed by atoms with Crippen LogP contribution in [0.15, 0.2) is 28.9 Å². The van der Waals surface area contributed by atoms with Crippen LogP contribution in [0.5, 0.6) is 0 Å². The van der Waals surface area contributed by atoms with Crippen molar-refractivity contribution >= 4 is 38.3 Å². The molecule has 1 amide bonds. The van der Waals surface area contributed by atoms with E-state index in [1.807, 2.05) is 13.1 Å². The molecule has 1 heterocycles. The first-order valence-corrected chi connectivity index (χ1v) is 8.80. The van der Waals surface area contributed by atoms with Gasteiger partial charge in [0.2, 0.25) is 5.91 Å². The van der Waals surface area contributed by atoms with Crippen molar-refractivity contribution in [3.05, 3.63) is 44.9 Å². The number of carbonyl (C=O) groups is 1. The average Bonchev–Trinajstić information content (AvgIpc) is 2.88. The van der Waals surface area contributed by atoms with Crippen LogP contribution in [0.25, 0.3) is 0 Å². The quantitative estimate of drug-likeness (QED) is 0.797. The van der Waals surface area contributed by atoms with E-state index in [1.165, 1.54) is 22.5 Å². The summed E-state index contributed by atoms with van der Waals surface area (Å²) in [5.41, 5.74) is 8.10. The Kier molecular flexibility index (Phi) is 6.11. The van der Waals surface area contributed by atoms with Gasteiger partial charge in [0, 0.05) is 34.4 Å². The van der Waals surface area contributed by atoms with Crippen molar-refractivity contribution < 1.29 is 4.79 Å². The molecule has 0 fully saturated rings. The van der Waals surface area contributed by atoms with E-state index in [0.29, 0.717) is 18.0 Å². The highest BCUT2D eigenvalue weighted by atomic mass is 79.9. The number of nitrogens with one attached hydrogen (secondary N) is 1. The number of benzene rings is 1. The van der Waals surface area contributed by atoms with Crippen LogP contribution in [0.1, 0.15) is 35.8 Å². The lowest BCUT2D eigenvalue weighted by molar-refractivity contribution is -0.116. The van der Waals surface area contributed by atoms with Crippen LogP contribution in [0, 0.1) is 6.92 Å². The molecule has 0 aliphatic heterocycles. The smallest absolute Gasteiger partial charge is 0.226 e. The van der Waals surface area contributed by atoms with Crippen LogP contribution in [0.3, 0.4) is 0 Å². The Hall–Kier alpha value is -1.24. The van der Waals surface area contributed by atoms with Crippen molar-refractivity contribution in [2.45, 2.75) is 39.2 Å². The van der Waals surface area contributed by atoms with Gasteiger partial charge in [-0.15, -0.1) is 11.3 Å². The SMILES string of the molecule is Cc1cc(Cc2cnc(NC(=O)CCC(C)N)s2)ccc1Br. The Bertz CT molecular complexity index is 655. The molecule has 1 aromatic heterocycles. The zero-order valence-corrected chi connectivity index (χ0v) is 15.1. The molecule has 0 saturated carbocycles. The molecular weight excluding hydrogens is 362 g/mol. The number of hydrogen-bond donors (Lipinski definition) is 2. The van der Waals surface area contributed by atoms with Gasteiger partial charge in [-0.3, -0.25) is 4.79 Å². The average molecular weight is 382 g/mol. The van der Waals surface area contributed by atoms with E-state index in [4.69, 9.17) is 5.73 Å². The number of aryl methyl sites for hydroxylation is 1. The molecule has 4 nitrogen and oxygen atoms in total. The highest BCUT2D eigenvalue weighted by molar-refractivity contribution is 9.10. The number of halogens is 1. The zero-order valence-electron chi connectivity index (χ0n) is 12.7. The summed E-state index contributed by atoms with van der Waals surface area (Å²) in [7, 11) is 0. The van der Waals surface area contributed by atoms with E-state index >= 15 is 0 Å². The van der Waals surface area contributed by atoms with Gasteiger partial charge in [0.25, 0.3) is 0 Å². The minimum atomic E-state index is -0.0299. The third kappa shape index (κ3) is 5.19. The second kappa shape index (κ2) is 7.85. The van der Waals surface area contributed by atoms with Crippen LogP contribution in [0.4, 0.5) is 5.13 Å². The van der Waals surface area contributed by atoms with Gasteiger partial charge in [-0.2, -0.15) is 0 Å². The molecule has 1 atom stereocenters. The Morgan fingerprint density at radius 1 is 1.50 bits per heavy atom. The largest absolute Gasteiger partial charge is 0.328 e. The van der Waals surface area contributed by atoms with Crippen molar-refractivity contribution in [3.8, 4) is 0 Å². The number of thiazole rings is 1. The van der Waals surface area contributed by atoms with Gasteiger partial charge in [0.1, 0.15) is 0 Å². The summed E-state index contributed by atoms with van der Waals surface area (Å²) in [6.45, 7) is 3.97. The number of amides is 1. The molecule has 0 aliphatic rings. The summed E-state index contributed by atoms with van der Waals surface area (Å²) in [6.07, 6.45) is 3.76. The molecule has 2 rings (SSSR count). The fraction of sp³-hybridized carbons (Fsp3) is 0.375. The number of rotatable bonds is 6. The Labute approximate surface area is 143 Å². The molecule has 0 bridgehead atoms. The lowest BCUT2D eigenvalue weighted by Crippen LogP contribution is -2.19. The van der Waals surface area contributed by atoms with Gasteiger partial charge < -0.3 is 11.1 Å². The molecule has 0 saturated heterocycles. The maximum atomic E-state index is 11.8. The second-order valence-electron chi connectivity index (χ2n) is 5.46. The number of hydrogen-bond acceptors (Lipinski definition) is 4. The highest BCUT2D eigenvalue weighted by Crippen LogP contribution is 2.23. The lowest BCUT2D eigenvalue weighted by Gasteiger charge is -2.04. The van der Waals surface area contributed by atoms with Crippen LogP contribution in [-0.4, -0.2) is 16.9 Å². The molecule has 3 N–H and O–H groups in total. The van der Waals surface area contributed by atoms with E-state index in [-0.39, 0.29) is 11.9 Å². The van der Waals surface area contributed by atoms with Crippen LogP contribution < -0.4 is 11.1 Å². The predicted octanol–water partition coefficient (Wildman–Crippen LogP) is 3.87. The van der Waals surface area contributed by atoms with E-state index in [9.17, 15) is 4.79 Å². The lowest BCUT2D eigenvalue weighted by atomic mass is 10.1. The van der Waals surface area contributed by atoms with Gasteiger partial charge in [-0.05, 0) is 37.5 Å². The first kappa shape index (κ1) is 17.1. The molecule has 118 valence electrons. The third-order valence-electron chi connectivity index (χ3n) is 3.23. The van der Waals surface area contributed by atoms with Gasteiger partial charge in [-0.1, -0.05) is 28.1 Å². The van der Waals surface area contributed by atoms with Gasteiger partial charge >= 0.3 is 0 Å². The van der Waals surface area contributed by atoms with Crippen LogP contribution >= 0.6 is 27.3 Å². The van der Waals surface area contributed by atoms with Crippen molar-refractivity contribution in [3.63, 3.8) is 0 Å². The molecule has 1 aromatic carbocycles. The summed E-state index contributed by atoms with van der Waals surface area (Å²) in [5, 5.41) is 3.48. The number of aromatic nitrogens is 1. The van der Waals surface area contributed by atoms with E-state index in [0.717, 1.165) is 15.8 Å². The summed E-state index contributed by atoms with van der Waals surface area (Å²) < 4.78 is 1.11. The van der Waals surface area contributed by atoms with Gasteiger partial charge in [-0.25, -0.2) is 4.98 Å².